The summed E-state index contributed by atoms with van der Waals surface area (Å²) in [5, 5.41) is 2.72. The number of aromatic nitrogens is 3. The van der Waals surface area contributed by atoms with Gasteiger partial charge in [0, 0.05) is 32.4 Å². The van der Waals surface area contributed by atoms with Crippen molar-refractivity contribution in [1.29, 1.82) is 0 Å². The molecular weight excluding hydrogens is 416 g/mol. The van der Waals surface area contributed by atoms with Crippen LogP contribution in [0.1, 0.15) is 16.2 Å². The molecule has 0 atom stereocenters. The molecule has 10 heteroatoms. The predicted octanol–water partition coefficient (Wildman–Crippen LogP) is 1.94. The lowest BCUT2D eigenvalue weighted by Crippen LogP contribution is -2.49. The maximum Gasteiger partial charge on any atom is 0.277 e. The summed E-state index contributed by atoms with van der Waals surface area (Å²) < 4.78 is 27.1. The van der Waals surface area contributed by atoms with Crippen molar-refractivity contribution in [3.8, 4) is 0 Å². The Hall–Kier alpha value is -3.37. The highest BCUT2D eigenvalue weighted by Crippen LogP contribution is 2.20. The van der Waals surface area contributed by atoms with Gasteiger partial charge in [-0.15, -0.1) is 0 Å². The summed E-state index contributed by atoms with van der Waals surface area (Å²) in [6.45, 7) is 3.26. The summed E-state index contributed by atoms with van der Waals surface area (Å²) in [6, 6.07) is 13.6. The zero-order chi connectivity index (χ0) is 21.8. The molecule has 0 bridgehead atoms. The number of hydrogen-bond donors (Lipinski definition) is 1. The van der Waals surface area contributed by atoms with Gasteiger partial charge in [-0.05, 0) is 31.2 Å². The third-order valence-electron chi connectivity index (χ3n) is 5.01. The Kier molecular flexibility index (Phi) is 5.92. The van der Waals surface area contributed by atoms with E-state index in [1.54, 1.807) is 67.8 Å². The molecule has 1 aromatic carbocycles. The smallest absolute Gasteiger partial charge is 0.277 e. The number of hydrogen-bond acceptors (Lipinski definition) is 7. The van der Waals surface area contributed by atoms with Gasteiger partial charge in [-0.3, -0.25) is 9.78 Å². The van der Waals surface area contributed by atoms with E-state index in [4.69, 9.17) is 0 Å². The molecule has 1 fully saturated rings. The average molecular weight is 439 g/mol. The average Bonchev–Trinajstić information content (AvgIpc) is 2.80. The number of carbonyl (C=O) groups is 1. The number of rotatable bonds is 5. The van der Waals surface area contributed by atoms with Crippen molar-refractivity contribution in [2.45, 2.75) is 11.8 Å². The maximum absolute atomic E-state index is 12.8. The largest absolute Gasteiger partial charge is 0.353 e. The second kappa shape index (κ2) is 8.78. The van der Waals surface area contributed by atoms with Crippen LogP contribution in [0.5, 0.6) is 0 Å². The molecule has 0 spiro atoms. The van der Waals surface area contributed by atoms with Crippen molar-refractivity contribution in [1.82, 2.24) is 19.3 Å². The fraction of sp³-hybridized carbons (Fsp3) is 0.238. The van der Waals surface area contributed by atoms with Crippen LogP contribution >= 0.6 is 0 Å². The number of aryl methyl sites for hydroxylation is 1. The van der Waals surface area contributed by atoms with Crippen LogP contribution in [0.4, 0.5) is 11.6 Å². The molecule has 3 aromatic rings. The monoisotopic (exact) mass is 438 g/mol. The standard InChI is InChI=1S/C21H22N6O3S/c1-16-20(21(28)24-18-9-5-6-10-22-18)25-19(15-23-16)26-11-13-27(14-12-26)31(29,30)17-7-3-2-4-8-17/h2-10,15H,11-14H2,1H3,(H,22,24,28). The molecule has 0 saturated carbocycles. The molecule has 1 N–H and O–H groups in total. The van der Waals surface area contributed by atoms with Gasteiger partial charge >= 0.3 is 0 Å². The quantitative estimate of drug-likeness (QED) is 0.648. The van der Waals surface area contributed by atoms with E-state index in [2.05, 4.69) is 20.3 Å². The molecule has 0 radical (unpaired) electrons. The van der Waals surface area contributed by atoms with E-state index in [-0.39, 0.29) is 10.6 Å². The molecule has 2 aromatic heterocycles. The van der Waals surface area contributed by atoms with E-state index in [0.717, 1.165) is 0 Å². The van der Waals surface area contributed by atoms with Crippen LogP contribution in [0.25, 0.3) is 0 Å². The summed E-state index contributed by atoms with van der Waals surface area (Å²) >= 11 is 0. The minimum atomic E-state index is -3.53. The van der Waals surface area contributed by atoms with Crippen molar-refractivity contribution in [2.24, 2.45) is 0 Å². The molecule has 9 nitrogen and oxygen atoms in total. The number of anilines is 2. The number of sulfonamides is 1. The first kappa shape index (κ1) is 20.9. The number of nitrogens with zero attached hydrogens (tertiary/aromatic N) is 5. The summed E-state index contributed by atoms with van der Waals surface area (Å²) in [7, 11) is -3.53. The highest BCUT2D eigenvalue weighted by molar-refractivity contribution is 7.89. The third kappa shape index (κ3) is 4.54. The van der Waals surface area contributed by atoms with Crippen LogP contribution in [0.15, 0.2) is 65.8 Å². The van der Waals surface area contributed by atoms with Crippen molar-refractivity contribution < 1.29 is 13.2 Å². The molecule has 160 valence electrons. The molecule has 0 unspecified atom stereocenters. The van der Waals surface area contributed by atoms with E-state index < -0.39 is 15.9 Å². The Morgan fingerprint density at radius 3 is 2.35 bits per heavy atom. The van der Waals surface area contributed by atoms with E-state index in [1.165, 1.54) is 4.31 Å². The summed E-state index contributed by atoms with van der Waals surface area (Å²) in [6.07, 6.45) is 3.20. The van der Waals surface area contributed by atoms with Crippen molar-refractivity contribution in [3.63, 3.8) is 0 Å². The van der Waals surface area contributed by atoms with Crippen LogP contribution in [0.3, 0.4) is 0 Å². The lowest BCUT2D eigenvalue weighted by atomic mass is 10.3. The number of nitrogens with one attached hydrogen (secondary N) is 1. The lowest BCUT2D eigenvalue weighted by Gasteiger charge is -2.34. The second-order valence-electron chi connectivity index (χ2n) is 7.04. The fourth-order valence-corrected chi connectivity index (χ4v) is 4.76. The maximum atomic E-state index is 12.8. The van der Waals surface area contributed by atoms with Crippen molar-refractivity contribution >= 4 is 27.6 Å². The first-order chi connectivity index (χ1) is 14.9. The molecule has 1 amide bonds. The molecule has 1 saturated heterocycles. The summed E-state index contributed by atoms with van der Waals surface area (Å²) in [5.74, 6) is 0.572. The Labute approximate surface area is 180 Å². The summed E-state index contributed by atoms with van der Waals surface area (Å²) in [4.78, 5) is 27.8. The van der Waals surface area contributed by atoms with Gasteiger partial charge in [0.2, 0.25) is 10.0 Å². The minimum Gasteiger partial charge on any atom is -0.353 e. The highest BCUT2D eigenvalue weighted by Gasteiger charge is 2.29. The highest BCUT2D eigenvalue weighted by atomic mass is 32.2. The molecule has 1 aliphatic heterocycles. The molecule has 1 aliphatic rings. The number of benzene rings is 1. The fourth-order valence-electron chi connectivity index (χ4n) is 3.32. The number of amides is 1. The Balaban J connectivity index is 1.47. The van der Waals surface area contributed by atoms with Crippen molar-refractivity contribution in [3.05, 3.63) is 72.3 Å². The van der Waals surface area contributed by atoms with E-state index in [9.17, 15) is 13.2 Å². The Bertz CT molecular complexity index is 1160. The second-order valence-corrected chi connectivity index (χ2v) is 8.97. The van der Waals surface area contributed by atoms with Gasteiger partial charge in [-0.25, -0.2) is 18.4 Å². The normalized spacial score (nSPS) is 14.9. The molecule has 31 heavy (non-hydrogen) atoms. The number of carbonyl (C=O) groups excluding carboxylic acids is 1. The Morgan fingerprint density at radius 1 is 0.968 bits per heavy atom. The summed E-state index contributed by atoms with van der Waals surface area (Å²) in [5.41, 5.74) is 0.713. The SMILES string of the molecule is Cc1ncc(N2CCN(S(=O)(=O)c3ccccc3)CC2)nc1C(=O)Nc1ccccn1. The zero-order valence-corrected chi connectivity index (χ0v) is 17.8. The molecule has 0 aliphatic carbocycles. The Morgan fingerprint density at radius 2 is 1.68 bits per heavy atom. The van der Waals surface area contributed by atoms with Gasteiger partial charge in [0.1, 0.15) is 11.6 Å². The van der Waals surface area contributed by atoms with E-state index in [0.29, 0.717) is 43.5 Å². The van der Waals surface area contributed by atoms with Crippen LogP contribution in [0.2, 0.25) is 0 Å². The zero-order valence-electron chi connectivity index (χ0n) is 17.0. The minimum absolute atomic E-state index is 0.211. The molecular formula is C21H22N6O3S. The van der Waals surface area contributed by atoms with Crippen LogP contribution < -0.4 is 10.2 Å². The lowest BCUT2D eigenvalue weighted by molar-refractivity contribution is 0.102. The molecule has 3 heterocycles. The van der Waals surface area contributed by atoms with Gasteiger partial charge in [0.05, 0.1) is 16.8 Å². The van der Waals surface area contributed by atoms with E-state index in [1.807, 2.05) is 4.90 Å². The van der Waals surface area contributed by atoms with Gasteiger partial charge in [0.25, 0.3) is 5.91 Å². The third-order valence-corrected chi connectivity index (χ3v) is 6.92. The topological polar surface area (TPSA) is 108 Å². The predicted molar refractivity (Wildman–Crippen MR) is 116 cm³/mol. The number of piperazine rings is 1. The van der Waals surface area contributed by atoms with Gasteiger partial charge in [-0.1, -0.05) is 24.3 Å². The molecule has 4 rings (SSSR count). The van der Waals surface area contributed by atoms with Gasteiger partial charge in [0.15, 0.2) is 5.69 Å². The van der Waals surface area contributed by atoms with Gasteiger partial charge in [-0.2, -0.15) is 4.31 Å². The number of pyridine rings is 1. The van der Waals surface area contributed by atoms with Crippen LogP contribution in [-0.2, 0) is 10.0 Å². The van der Waals surface area contributed by atoms with Gasteiger partial charge < -0.3 is 10.2 Å². The first-order valence-corrected chi connectivity index (χ1v) is 11.3. The van der Waals surface area contributed by atoms with Crippen molar-refractivity contribution in [2.75, 3.05) is 36.4 Å². The van der Waals surface area contributed by atoms with E-state index >= 15 is 0 Å². The van der Waals surface area contributed by atoms with Crippen LogP contribution in [0, 0.1) is 6.92 Å². The van der Waals surface area contributed by atoms with Crippen LogP contribution in [-0.4, -0.2) is 59.8 Å². The first-order valence-electron chi connectivity index (χ1n) is 9.81.